The summed E-state index contributed by atoms with van der Waals surface area (Å²) >= 11 is 0. The fourth-order valence-corrected chi connectivity index (χ4v) is 1.96. The second-order valence-electron chi connectivity index (χ2n) is 4.27. The maximum atomic E-state index is 11.7. The van der Waals surface area contributed by atoms with Crippen molar-refractivity contribution in [1.29, 1.82) is 0 Å². The molecule has 0 fully saturated rings. The summed E-state index contributed by atoms with van der Waals surface area (Å²) in [5.41, 5.74) is 7.29. The minimum atomic E-state index is -0.435. The van der Waals surface area contributed by atoms with Crippen molar-refractivity contribution < 1.29 is 9.15 Å². The molecule has 0 aliphatic heterocycles. The first-order chi connectivity index (χ1) is 9.74. The first-order valence-corrected chi connectivity index (χ1v) is 6.17. The average Bonchev–Trinajstić information content (AvgIpc) is 2.75. The van der Waals surface area contributed by atoms with E-state index in [2.05, 4.69) is 4.98 Å². The van der Waals surface area contributed by atoms with Gasteiger partial charge in [-0.2, -0.15) is 0 Å². The number of hydrogen-bond acceptors (Lipinski definition) is 5. The molecule has 0 bridgehead atoms. The fraction of sp³-hybridized carbons (Fsp3) is 0.143. The number of nitrogen functional groups attached to an aromatic ring is 1. The maximum absolute atomic E-state index is 11.7. The molecule has 0 saturated heterocycles. The highest BCUT2D eigenvalue weighted by Crippen LogP contribution is 2.14. The third kappa shape index (κ3) is 2.35. The Morgan fingerprint density at radius 2 is 2.20 bits per heavy atom. The van der Waals surface area contributed by atoms with Crippen LogP contribution in [0.4, 0.5) is 5.69 Å². The van der Waals surface area contributed by atoms with Gasteiger partial charge in [0.05, 0.1) is 6.54 Å². The summed E-state index contributed by atoms with van der Waals surface area (Å²) in [7, 11) is 0. The lowest BCUT2D eigenvalue weighted by Gasteiger charge is -2.06. The van der Waals surface area contributed by atoms with Crippen molar-refractivity contribution >= 4 is 16.9 Å². The molecular formula is C14H13N3O3. The van der Waals surface area contributed by atoms with Crippen LogP contribution in [-0.4, -0.2) is 16.2 Å². The highest BCUT2D eigenvalue weighted by atomic mass is 16.5. The Kier molecular flexibility index (Phi) is 3.12. The first kappa shape index (κ1) is 12.3. The number of oxazole rings is 1. The van der Waals surface area contributed by atoms with E-state index in [9.17, 15) is 4.79 Å². The minimum Gasteiger partial charge on any atom is -0.492 e. The van der Waals surface area contributed by atoms with Crippen LogP contribution in [0.3, 0.4) is 0 Å². The molecule has 20 heavy (non-hydrogen) atoms. The number of benzene rings is 1. The quantitative estimate of drug-likeness (QED) is 0.729. The van der Waals surface area contributed by atoms with E-state index in [4.69, 9.17) is 14.9 Å². The van der Waals surface area contributed by atoms with Crippen LogP contribution in [0.15, 0.2) is 51.8 Å². The number of hydrogen-bond donors (Lipinski definition) is 1. The van der Waals surface area contributed by atoms with Crippen LogP contribution in [0.2, 0.25) is 0 Å². The molecule has 2 aromatic heterocycles. The molecule has 0 spiro atoms. The number of rotatable bonds is 4. The molecule has 2 heterocycles. The van der Waals surface area contributed by atoms with E-state index in [1.807, 2.05) is 12.1 Å². The van der Waals surface area contributed by atoms with Crippen LogP contribution in [0, 0.1) is 0 Å². The van der Waals surface area contributed by atoms with E-state index in [0.29, 0.717) is 35.8 Å². The van der Waals surface area contributed by atoms with Crippen molar-refractivity contribution in [2.75, 3.05) is 12.3 Å². The summed E-state index contributed by atoms with van der Waals surface area (Å²) in [5, 5.41) is 0. The summed E-state index contributed by atoms with van der Waals surface area (Å²) in [6, 6.07) is 10.6. The van der Waals surface area contributed by atoms with Gasteiger partial charge in [-0.3, -0.25) is 4.57 Å². The monoisotopic (exact) mass is 271 g/mol. The summed E-state index contributed by atoms with van der Waals surface area (Å²) < 4.78 is 12.1. The lowest BCUT2D eigenvalue weighted by molar-refractivity contribution is 0.294. The third-order valence-electron chi connectivity index (χ3n) is 2.87. The van der Waals surface area contributed by atoms with E-state index in [-0.39, 0.29) is 0 Å². The topological polar surface area (TPSA) is 83.3 Å². The van der Waals surface area contributed by atoms with Gasteiger partial charge in [0.25, 0.3) is 0 Å². The van der Waals surface area contributed by atoms with Gasteiger partial charge in [0.2, 0.25) is 0 Å². The largest absolute Gasteiger partial charge is 0.492 e. The zero-order valence-electron chi connectivity index (χ0n) is 10.7. The predicted octanol–water partition coefficient (Wildman–Crippen LogP) is 1.65. The van der Waals surface area contributed by atoms with Gasteiger partial charge < -0.3 is 14.9 Å². The lowest BCUT2D eigenvalue weighted by atomic mass is 10.3. The van der Waals surface area contributed by atoms with Gasteiger partial charge in [0.1, 0.15) is 12.4 Å². The van der Waals surface area contributed by atoms with Crippen LogP contribution >= 0.6 is 0 Å². The van der Waals surface area contributed by atoms with Gasteiger partial charge in [0.15, 0.2) is 11.2 Å². The number of aromatic nitrogens is 2. The van der Waals surface area contributed by atoms with Crippen molar-refractivity contribution in [2.24, 2.45) is 0 Å². The van der Waals surface area contributed by atoms with Crippen LogP contribution in [0.25, 0.3) is 11.2 Å². The van der Waals surface area contributed by atoms with Crippen LogP contribution in [0.5, 0.6) is 5.75 Å². The zero-order chi connectivity index (χ0) is 13.9. The smallest absolute Gasteiger partial charge is 0.421 e. The van der Waals surface area contributed by atoms with Crippen molar-refractivity contribution in [1.82, 2.24) is 9.55 Å². The number of anilines is 1. The summed E-state index contributed by atoms with van der Waals surface area (Å²) in [4.78, 5) is 15.9. The molecule has 0 aliphatic carbocycles. The minimum absolute atomic E-state index is 0.328. The molecule has 0 atom stereocenters. The first-order valence-electron chi connectivity index (χ1n) is 6.17. The van der Waals surface area contributed by atoms with Crippen molar-refractivity contribution in [3.05, 3.63) is 53.1 Å². The third-order valence-corrected chi connectivity index (χ3v) is 2.87. The Balaban J connectivity index is 1.74. The van der Waals surface area contributed by atoms with Crippen molar-refractivity contribution in [3.8, 4) is 5.75 Å². The standard InChI is InChI=1S/C14H13N3O3/c15-10-3-1-4-11(9-10)19-8-7-17-13-12(20-14(17)18)5-2-6-16-13/h1-6,9H,7-8,15H2. The van der Waals surface area contributed by atoms with Crippen molar-refractivity contribution in [2.45, 2.75) is 6.54 Å². The van der Waals surface area contributed by atoms with Crippen LogP contribution in [0.1, 0.15) is 0 Å². The maximum Gasteiger partial charge on any atom is 0.421 e. The van der Waals surface area contributed by atoms with E-state index in [1.165, 1.54) is 4.57 Å². The van der Waals surface area contributed by atoms with Gasteiger partial charge in [0, 0.05) is 18.0 Å². The number of pyridine rings is 1. The Morgan fingerprint density at radius 1 is 1.30 bits per heavy atom. The second-order valence-corrected chi connectivity index (χ2v) is 4.27. The van der Waals surface area contributed by atoms with Gasteiger partial charge in [-0.1, -0.05) is 6.07 Å². The fourth-order valence-electron chi connectivity index (χ4n) is 1.96. The molecule has 0 saturated carbocycles. The number of nitrogens with zero attached hydrogens (tertiary/aromatic N) is 2. The molecule has 6 nitrogen and oxygen atoms in total. The van der Waals surface area contributed by atoms with E-state index < -0.39 is 5.76 Å². The molecule has 3 aromatic rings. The second kappa shape index (κ2) is 5.08. The molecule has 0 unspecified atom stereocenters. The number of fused-ring (bicyclic) bond motifs is 1. The Hall–Kier alpha value is -2.76. The Labute approximate surface area is 114 Å². The van der Waals surface area contributed by atoms with Crippen LogP contribution < -0.4 is 16.2 Å². The SMILES string of the molecule is Nc1cccc(OCCn2c(=O)oc3cccnc32)c1. The Morgan fingerprint density at radius 3 is 3.05 bits per heavy atom. The molecule has 1 aromatic carbocycles. The predicted molar refractivity (Wildman–Crippen MR) is 74.6 cm³/mol. The number of nitrogens with two attached hydrogens (primary N) is 1. The normalized spacial score (nSPS) is 10.8. The van der Waals surface area contributed by atoms with E-state index in [1.54, 1.807) is 30.5 Å². The molecule has 3 rings (SSSR count). The lowest BCUT2D eigenvalue weighted by Crippen LogP contribution is -2.19. The summed E-state index contributed by atoms with van der Waals surface area (Å²) in [6.07, 6.45) is 1.62. The molecular weight excluding hydrogens is 258 g/mol. The molecule has 6 heteroatoms. The summed E-state index contributed by atoms with van der Waals surface area (Å²) in [6.45, 7) is 0.687. The molecule has 102 valence electrons. The van der Waals surface area contributed by atoms with Gasteiger partial charge in [-0.15, -0.1) is 0 Å². The van der Waals surface area contributed by atoms with Crippen LogP contribution in [-0.2, 0) is 6.54 Å². The van der Waals surface area contributed by atoms with E-state index in [0.717, 1.165) is 0 Å². The van der Waals surface area contributed by atoms with Crippen molar-refractivity contribution in [3.63, 3.8) is 0 Å². The highest BCUT2D eigenvalue weighted by molar-refractivity contribution is 5.67. The van der Waals surface area contributed by atoms with Gasteiger partial charge in [-0.05, 0) is 24.3 Å². The molecule has 0 radical (unpaired) electrons. The van der Waals surface area contributed by atoms with Gasteiger partial charge >= 0.3 is 5.76 Å². The molecule has 0 aliphatic rings. The summed E-state index contributed by atoms with van der Waals surface area (Å²) in [5.74, 6) is 0.230. The average molecular weight is 271 g/mol. The molecule has 0 amide bonds. The van der Waals surface area contributed by atoms with Gasteiger partial charge in [-0.25, -0.2) is 9.78 Å². The Bertz CT molecular complexity index is 791. The zero-order valence-corrected chi connectivity index (χ0v) is 10.7. The van der Waals surface area contributed by atoms with E-state index >= 15 is 0 Å². The highest BCUT2D eigenvalue weighted by Gasteiger charge is 2.09. The number of ether oxygens (including phenoxy) is 1. The molecule has 2 N–H and O–H groups in total.